The number of hydrogen-bond acceptors (Lipinski definition) is 6. The van der Waals surface area contributed by atoms with Crippen LogP contribution in [0.15, 0.2) is 83.1 Å². The lowest BCUT2D eigenvalue weighted by Gasteiger charge is -2.19. The quantitative estimate of drug-likeness (QED) is 0.418. The number of ether oxygens (including phenoxy) is 1. The van der Waals surface area contributed by atoms with Crippen LogP contribution in [0.2, 0.25) is 0 Å². The van der Waals surface area contributed by atoms with Crippen molar-refractivity contribution < 1.29 is 17.9 Å². The van der Waals surface area contributed by atoms with Crippen LogP contribution in [-0.2, 0) is 16.4 Å². The number of para-hydroxylation sites is 1. The number of amides is 1. The predicted octanol–water partition coefficient (Wildman–Crippen LogP) is 4.82. The van der Waals surface area contributed by atoms with Crippen molar-refractivity contribution in [2.24, 2.45) is 0 Å². The zero-order chi connectivity index (χ0) is 23.7. The number of carbonyl (C=O) groups excluding carboxylic acids is 1. The van der Waals surface area contributed by atoms with Gasteiger partial charge < -0.3 is 4.74 Å². The first-order valence-electron chi connectivity index (χ1n) is 10.6. The van der Waals surface area contributed by atoms with E-state index in [0.717, 1.165) is 22.6 Å². The molecule has 172 valence electrons. The minimum atomic E-state index is -3.79. The van der Waals surface area contributed by atoms with E-state index in [4.69, 9.17) is 4.74 Å². The van der Waals surface area contributed by atoms with Crippen LogP contribution < -0.4 is 14.4 Å². The highest BCUT2D eigenvalue weighted by Gasteiger charge is 2.31. The van der Waals surface area contributed by atoms with Crippen molar-refractivity contribution in [3.8, 4) is 17.0 Å². The van der Waals surface area contributed by atoms with E-state index in [-0.39, 0.29) is 10.5 Å². The minimum Gasteiger partial charge on any atom is -0.497 e. The summed E-state index contributed by atoms with van der Waals surface area (Å²) in [6.45, 7) is 0.380. The summed E-state index contributed by atoms with van der Waals surface area (Å²) in [5, 5.41) is 5.05. The number of nitrogens with zero attached hydrogens (tertiary/aromatic N) is 2. The third kappa shape index (κ3) is 4.15. The normalized spacial score (nSPS) is 12.9. The van der Waals surface area contributed by atoms with Crippen LogP contribution >= 0.6 is 11.3 Å². The van der Waals surface area contributed by atoms with Gasteiger partial charge in [0.1, 0.15) is 5.75 Å². The first-order valence-corrected chi connectivity index (χ1v) is 12.9. The Hall–Kier alpha value is -3.69. The molecule has 1 amide bonds. The van der Waals surface area contributed by atoms with Gasteiger partial charge in [-0.15, -0.1) is 11.3 Å². The SMILES string of the molecule is COc1ccc(-c2csc(NC(=O)c3cccc(S(=O)(=O)N4CCc5ccccc54)c3)n2)cc1. The second kappa shape index (κ2) is 8.92. The van der Waals surface area contributed by atoms with Gasteiger partial charge in [-0.2, -0.15) is 0 Å². The van der Waals surface area contributed by atoms with Gasteiger partial charge in [-0.25, -0.2) is 13.4 Å². The standard InChI is InChI=1S/C25H21N3O4S2/c1-32-20-11-9-17(10-12-20)22-16-33-25(26-22)27-24(29)19-6-4-7-21(15-19)34(30,31)28-14-13-18-5-2-3-8-23(18)28/h2-12,15-16H,13-14H2,1H3,(H,26,27,29). The van der Waals surface area contributed by atoms with E-state index in [9.17, 15) is 13.2 Å². The third-order valence-electron chi connectivity index (χ3n) is 5.64. The molecule has 1 aliphatic rings. The maximum atomic E-state index is 13.3. The second-order valence-electron chi connectivity index (χ2n) is 7.70. The highest BCUT2D eigenvalue weighted by atomic mass is 32.2. The van der Waals surface area contributed by atoms with E-state index < -0.39 is 15.9 Å². The van der Waals surface area contributed by atoms with E-state index in [1.54, 1.807) is 25.3 Å². The van der Waals surface area contributed by atoms with Crippen LogP contribution in [0.25, 0.3) is 11.3 Å². The molecule has 0 saturated heterocycles. The number of methoxy groups -OCH3 is 1. The fourth-order valence-electron chi connectivity index (χ4n) is 3.88. The summed E-state index contributed by atoms with van der Waals surface area (Å²) in [4.78, 5) is 17.4. The summed E-state index contributed by atoms with van der Waals surface area (Å²) < 4.78 is 33.2. The van der Waals surface area contributed by atoms with Crippen molar-refractivity contribution >= 4 is 38.1 Å². The second-order valence-corrected chi connectivity index (χ2v) is 10.4. The summed E-state index contributed by atoms with van der Waals surface area (Å²) in [5.41, 5.74) is 3.56. The largest absolute Gasteiger partial charge is 0.497 e. The Morgan fingerprint density at radius 3 is 2.65 bits per heavy atom. The average molecular weight is 492 g/mol. The molecule has 0 aliphatic carbocycles. The van der Waals surface area contributed by atoms with Crippen molar-refractivity contribution in [3.05, 3.63) is 89.3 Å². The molecule has 0 spiro atoms. The number of carbonyl (C=O) groups is 1. The lowest BCUT2D eigenvalue weighted by Crippen LogP contribution is -2.29. The average Bonchev–Trinajstić information content (AvgIpc) is 3.52. The molecule has 0 bridgehead atoms. The zero-order valence-corrected chi connectivity index (χ0v) is 19.9. The number of fused-ring (bicyclic) bond motifs is 1. The van der Waals surface area contributed by atoms with Crippen LogP contribution in [-0.4, -0.2) is 33.0 Å². The summed E-state index contributed by atoms with van der Waals surface area (Å²) in [6.07, 6.45) is 0.663. The fourth-order valence-corrected chi connectivity index (χ4v) is 6.14. The smallest absolute Gasteiger partial charge is 0.264 e. The van der Waals surface area contributed by atoms with Gasteiger partial charge in [0.15, 0.2) is 5.13 Å². The predicted molar refractivity (Wildman–Crippen MR) is 133 cm³/mol. The maximum Gasteiger partial charge on any atom is 0.264 e. The van der Waals surface area contributed by atoms with Gasteiger partial charge in [-0.1, -0.05) is 24.3 Å². The zero-order valence-electron chi connectivity index (χ0n) is 18.3. The number of aromatic nitrogens is 1. The highest BCUT2D eigenvalue weighted by Crippen LogP contribution is 2.33. The van der Waals surface area contributed by atoms with E-state index in [1.807, 2.05) is 47.8 Å². The van der Waals surface area contributed by atoms with Gasteiger partial charge in [0.2, 0.25) is 0 Å². The molecule has 34 heavy (non-hydrogen) atoms. The van der Waals surface area contributed by atoms with E-state index >= 15 is 0 Å². The minimum absolute atomic E-state index is 0.0786. The molecule has 0 atom stereocenters. The maximum absolute atomic E-state index is 13.3. The molecule has 7 nitrogen and oxygen atoms in total. The molecule has 3 aromatic carbocycles. The Bertz CT molecular complexity index is 1460. The van der Waals surface area contributed by atoms with E-state index in [1.165, 1.54) is 27.8 Å². The molecule has 5 rings (SSSR count). The monoisotopic (exact) mass is 491 g/mol. The molecule has 0 radical (unpaired) electrons. The number of anilines is 2. The van der Waals surface area contributed by atoms with Gasteiger partial charge in [0.05, 0.1) is 23.4 Å². The van der Waals surface area contributed by atoms with Crippen LogP contribution in [0.3, 0.4) is 0 Å². The molecule has 1 aliphatic heterocycles. The third-order valence-corrected chi connectivity index (χ3v) is 8.21. The fraction of sp³-hybridized carbons (Fsp3) is 0.120. The van der Waals surface area contributed by atoms with Crippen LogP contribution in [0.4, 0.5) is 10.8 Å². The summed E-state index contributed by atoms with van der Waals surface area (Å²) in [5.74, 6) is 0.328. The van der Waals surface area contributed by atoms with Gasteiger partial charge in [-0.3, -0.25) is 14.4 Å². The van der Waals surface area contributed by atoms with Gasteiger partial charge >= 0.3 is 0 Å². The molecule has 0 saturated carbocycles. The van der Waals surface area contributed by atoms with Crippen molar-refractivity contribution in [2.75, 3.05) is 23.3 Å². The first-order chi connectivity index (χ1) is 16.5. The van der Waals surface area contributed by atoms with Gasteiger partial charge in [-0.05, 0) is 60.5 Å². The van der Waals surface area contributed by atoms with Gasteiger partial charge in [0, 0.05) is 23.1 Å². The number of hydrogen-bond donors (Lipinski definition) is 1. The topological polar surface area (TPSA) is 88.6 Å². The molecule has 0 fully saturated rings. The molecular weight excluding hydrogens is 470 g/mol. The Morgan fingerprint density at radius 2 is 1.85 bits per heavy atom. The Labute approximate surface area is 201 Å². The molecule has 2 heterocycles. The number of nitrogens with one attached hydrogen (secondary N) is 1. The van der Waals surface area contributed by atoms with Crippen molar-refractivity contribution in [3.63, 3.8) is 0 Å². The van der Waals surface area contributed by atoms with Crippen LogP contribution in [0.5, 0.6) is 5.75 Å². The van der Waals surface area contributed by atoms with Crippen LogP contribution in [0, 0.1) is 0 Å². The van der Waals surface area contributed by atoms with Crippen LogP contribution in [0.1, 0.15) is 15.9 Å². The lowest BCUT2D eigenvalue weighted by atomic mass is 10.2. The number of benzene rings is 3. The van der Waals surface area contributed by atoms with Crippen molar-refractivity contribution in [1.82, 2.24) is 4.98 Å². The lowest BCUT2D eigenvalue weighted by molar-refractivity contribution is 0.102. The molecule has 9 heteroatoms. The van der Waals surface area contributed by atoms with Crippen molar-refractivity contribution in [1.29, 1.82) is 0 Å². The Kier molecular flexibility index (Phi) is 5.80. The summed E-state index contributed by atoms with van der Waals surface area (Å²) in [6, 6.07) is 21.0. The molecular formula is C25H21N3O4S2. The Morgan fingerprint density at radius 1 is 1.06 bits per heavy atom. The van der Waals surface area contributed by atoms with E-state index in [2.05, 4.69) is 10.3 Å². The summed E-state index contributed by atoms with van der Waals surface area (Å²) in [7, 11) is -2.18. The molecule has 1 aromatic heterocycles. The molecule has 0 unspecified atom stereocenters. The first kappa shape index (κ1) is 22.1. The molecule has 4 aromatic rings. The number of sulfonamides is 1. The molecule has 1 N–H and O–H groups in total. The van der Waals surface area contributed by atoms with Crippen molar-refractivity contribution in [2.45, 2.75) is 11.3 Å². The number of thiazole rings is 1. The summed E-state index contributed by atoms with van der Waals surface area (Å²) >= 11 is 1.30. The van der Waals surface area contributed by atoms with E-state index in [0.29, 0.717) is 23.8 Å². The number of rotatable bonds is 6. The highest BCUT2D eigenvalue weighted by molar-refractivity contribution is 7.92. The Balaban J connectivity index is 1.35. The van der Waals surface area contributed by atoms with Gasteiger partial charge in [0.25, 0.3) is 15.9 Å².